The van der Waals surface area contributed by atoms with Crippen LogP contribution in [-0.2, 0) is 14.6 Å². The summed E-state index contributed by atoms with van der Waals surface area (Å²) in [5, 5.41) is 2.53. The minimum atomic E-state index is -3.58. The third kappa shape index (κ3) is 1.39. The Morgan fingerprint density at radius 2 is 2.31 bits per heavy atom. The van der Waals surface area contributed by atoms with Crippen molar-refractivity contribution in [2.24, 2.45) is 0 Å². The molecule has 1 atom stereocenters. The van der Waals surface area contributed by atoms with E-state index in [9.17, 15) is 13.2 Å². The maximum Gasteiger partial charge on any atom is 0.247 e. The van der Waals surface area contributed by atoms with Gasteiger partial charge in [0, 0.05) is 0 Å². The van der Waals surface area contributed by atoms with E-state index in [1.54, 1.807) is 6.08 Å². The molecule has 13 heavy (non-hydrogen) atoms. The van der Waals surface area contributed by atoms with Crippen LogP contribution >= 0.6 is 0 Å². The number of rotatable bonds is 0. The molecule has 1 aliphatic heterocycles. The summed E-state index contributed by atoms with van der Waals surface area (Å²) >= 11 is 0. The molecule has 1 unspecified atom stereocenters. The molecular formula is C8H7NO3S. The lowest BCUT2D eigenvalue weighted by atomic mass is 10.1. The van der Waals surface area contributed by atoms with E-state index in [2.05, 4.69) is 5.32 Å². The smallest absolute Gasteiger partial charge is 0.247 e. The van der Waals surface area contributed by atoms with Gasteiger partial charge in [-0.15, -0.1) is 0 Å². The summed E-state index contributed by atoms with van der Waals surface area (Å²) in [7, 11) is -3.58. The van der Waals surface area contributed by atoms with Crippen molar-refractivity contribution in [3.8, 4) is 0 Å². The summed E-state index contributed by atoms with van der Waals surface area (Å²) in [5.41, 5.74) is 0. The van der Waals surface area contributed by atoms with Crippen LogP contribution in [-0.4, -0.2) is 20.4 Å². The molecule has 1 heterocycles. The number of hydrogen-bond donors (Lipinski definition) is 1. The largest absolute Gasteiger partial charge is 0.347 e. The molecule has 0 spiro atoms. The zero-order valence-electron chi connectivity index (χ0n) is 6.65. The van der Waals surface area contributed by atoms with E-state index >= 15 is 0 Å². The lowest BCUT2D eigenvalue weighted by molar-refractivity contribution is -0.117. The van der Waals surface area contributed by atoms with Crippen LogP contribution in [0.15, 0.2) is 23.1 Å². The predicted molar refractivity (Wildman–Crippen MR) is 45.9 cm³/mol. The summed E-state index contributed by atoms with van der Waals surface area (Å²) in [5.74, 6) is 1.22. The van der Waals surface area contributed by atoms with Gasteiger partial charge in [0.1, 0.15) is 0 Å². The van der Waals surface area contributed by atoms with Gasteiger partial charge < -0.3 is 5.32 Å². The minimum Gasteiger partial charge on any atom is -0.347 e. The monoisotopic (exact) mass is 197 g/mol. The molecule has 1 amide bonds. The number of amides is 1. The fraction of sp³-hybridized carbons (Fsp3) is 0.250. The first kappa shape index (κ1) is 8.50. The Kier molecular flexibility index (Phi) is 1.76. The average molecular weight is 197 g/mol. The molecule has 0 bridgehead atoms. The van der Waals surface area contributed by atoms with Gasteiger partial charge in [0.15, 0.2) is 9.84 Å². The van der Waals surface area contributed by atoms with Crippen molar-refractivity contribution in [3.05, 3.63) is 28.9 Å². The Labute approximate surface area is 76.2 Å². The van der Waals surface area contributed by atoms with E-state index in [0.717, 1.165) is 0 Å². The topological polar surface area (TPSA) is 63.2 Å². The summed E-state index contributed by atoms with van der Waals surface area (Å²) in [6.07, 6.45) is 5.51. The van der Waals surface area contributed by atoms with E-state index in [4.69, 9.17) is 0 Å². The number of carbonyl (C=O) groups excluding carboxylic acids is 1. The highest BCUT2D eigenvalue weighted by molar-refractivity contribution is 7.98. The molecule has 0 aromatic rings. The van der Waals surface area contributed by atoms with Crippen molar-refractivity contribution >= 4 is 15.7 Å². The summed E-state index contributed by atoms with van der Waals surface area (Å²) in [6, 6.07) is -0.399. The second-order valence-corrected chi connectivity index (χ2v) is 4.55. The Bertz CT molecular complexity index is 405. The van der Waals surface area contributed by atoms with Crippen LogP contribution in [0.5, 0.6) is 0 Å². The summed E-state index contributed by atoms with van der Waals surface area (Å²) in [6.45, 7) is 0. The molecule has 0 aromatic heterocycles. The van der Waals surface area contributed by atoms with Crippen LogP contribution in [0.3, 0.4) is 0 Å². The molecule has 0 saturated carbocycles. The molecule has 4 nitrogen and oxygen atoms in total. The first-order valence-corrected chi connectivity index (χ1v) is 5.28. The average Bonchev–Trinajstić information content (AvgIpc) is 2.02. The molecule has 2 rings (SSSR count). The second-order valence-electron chi connectivity index (χ2n) is 2.86. The number of hydrogen-bond acceptors (Lipinski definition) is 3. The zero-order chi connectivity index (χ0) is 9.47. The molecule has 1 aliphatic carbocycles. The van der Waals surface area contributed by atoms with Crippen molar-refractivity contribution in [3.63, 3.8) is 0 Å². The molecule has 68 valence electrons. The molecule has 1 saturated heterocycles. The SMILES string of the molecule is O=C1[C]S(=O)(=O)C2=CC=CCC2N1. The van der Waals surface area contributed by atoms with E-state index in [1.807, 2.05) is 11.8 Å². The van der Waals surface area contributed by atoms with E-state index < -0.39 is 21.8 Å². The standard InChI is InChI=1S/C8H7NO3S/c10-8-5-13(11,12)7-4-2-1-3-6(7)9-8/h1-2,4,6H,3H2,(H,9,10). The van der Waals surface area contributed by atoms with Crippen molar-refractivity contribution in [1.82, 2.24) is 5.32 Å². The Balaban J connectivity index is 2.46. The van der Waals surface area contributed by atoms with Crippen LogP contribution in [0, 0.1) is 5.75 Å². The quantitative estimate of drug-likeness (QED) is 0.584. The van der Waals surface area contributed by atoms with Gasteiger partial charge in [-0.3, -0.25) is 4.79 Å². The normalized spacial score (nSPS) is 30.3. The van der Waals surface area contributed by atoms with Crippen LogP contribution < -0.4 is 5.32 Å². The fourth-order valence-corrected chi connectivity index (χ4v) is 2.59. The summed E-state index contributed by atoms with van der Waals surface area (Å²) in [4.78, 5) is 11.1. The van der Waals surface area contributed by atoms with Crippen molar-refractivity contribution in [1.29, 1.82) is 0 Å². The van der Waals surface area contributed by atoms with Gasteiger partial charge in [-0.25, -0.2) is 8.42 Å². The number of carbonyl (C=O) groups is 1. The molecule has 2 radical (unpaired) electrons. The van der Waals surface area contributed by atoms with Gasteiger partial charge in [-0.2, -0.15) is 0 Å². The summed E-state index contributed by atoms with van der Waals surface area (Å²) < 4.78 is 22.7. The van der Waals surface area contributed by atoms with Crippen LogP contribution in [0.2, 0.25) is 0 Å². The molecule has 0 aromatic carbocycles. The van der Waals surface area contributed by atoms with Gasteiger partial charge in [0.05, 0.1) is 10.9 Å². The van der Waals surface area contributed by atoms with Gasteiger partial charge in [-0.1, -0.05) is 12.2 Å². The van der Waals surface area contributed by atoms with Crippen LogP contribution in [0.4, 0.5) is 0 Å². The van der Waals surface area contributed by atoms with E-state index in [-0.39, 0.29) is 4.91 Å². The lowest BCUT2D eigenvalue weighted by Crippen LogP contribution is -2.45. The first-order chi connectivity index (χ1) is 6.09. The fourth-order valence-electron chi connectivity index (χ4n) is 1.39. The van der Waals surface area contributed by atoms with E-state index in [1.165, 1.54) is 6.08 Å². The second kappa shape index (κ2) is 2.70. The van der Waals surface area contributed by atoms with Crippen molar-refractivity contribution in [2.75, 3.05) is 0 Å². The number of sulfone groups is 1. The molecule has 2 aliphatic rings. The minimum absolute atomic E-state index is 0.231. The first-order valence-electron chi connectivity index (χ1n) is 3.79. The molecule has 1 N–H and O–H groups in total. The van der Waals surface area contributed by atoms with Gasteiger partial charge >= 0.3 is 0 Å². The number of allylic oxidation sites excluding steroid dienone is 2. The van der Waals surface area contributed by atoms with Gasteiger partial charge in [0.25, 0.3) is 0 Å². The Morgan fingerprint density at radius 1 is 1.54 bits per heavy atom. The zero-order valence-corrected chi connectivity index (χ0v) is 7.47. The van der Waals surface area contributed by atoms with Gasteiger partial charge in [0.2, 0.25) is 11.7 Å². The highest BCUT2D eigenvalue weighted by Gasteiger charge is 2.36. The van der Waals surface area contributed by atoms with Crippen LogP contribution in [0.25, 0.3) is 0 Å². The van der Waals surface area contributed by atoms with Crippen LogP contribution in [0.1, 0.15) is 6.42 Å². The lowest BCUT2D eigenvalue weighted by Gasteiger charge is -2.26. The predicted octanol–water partition coefficient (Wildman–Crippen LogP) is -0.218. The van der Waals surface area contributed by atoms with Crippen molar-refractivity contribution < 1.29 is 13.2 Å². The third-order valence-electron chi connectivity index (χ3n) is 1.95. The molecule has 1 fully saturated rings. The Morgan fingerprint density at radius 3 is 3.08 bits per heavy atom. The maximum atomic E-state index is 11.4. The van der Waals surface area contributed by atoms with Gasteiger partial charge in [-0.05, 0) is 12.5 Å². The Hall–Kier alpha value is -1.10. The third-order valence-corrected chi connectivity index (χ3v) is 3.45. The highest BCUT2D eigenvalue weighted by Crippen LogP contribution is 2.25. The molecular weight excluding hydrogens is 190 g/mol. The van der Waals surface area contributed by atoms with Crippen molar-refractivity contribution in [2.45, 2.75) is 12.5 Å². The maximum absolute atomic E-state index is 11.4. The highest BCUT2D eigenvalue weighted by atomic mass is 32.2. The van der Waals surface area contributed by atoms with E-state index in [0.29, 0.717) is 6.42 Å². The number of nitrogens with one attached hydrogen (secondary N) is 1. The number of fused-ring (bicyclic) bond motifs is 1. The molecule has 5 heteroatoms.